The summed E-state index contributed by atoms with van der Waals surface area (Å²) < 4.78 is 5.17. The number of cyclic esters (lactones) is 1. The summed E-state index contributed by atoms with van der Waals surface area (Å²) in [6.45, 7) is 10.4. The first-order valence-corrected chi connectivity index (χ1v) is 15.2. The molecule has 1 saturated heterocycles. The maximum atomic E-state index is 13.5. The Hall–Kier alpha value is -2.54. The largest absolute Gasteiger partial charge is 0.456 e. The van der Waals surface area contributed by atoms with E-state index < -0.39 is 0 Å². The Labute approximate surface area is 232 Å². The summed E-state index contributed by atoms with van der Waals surface area (Å²) in [6.07, 6.45) is 9.53. The number of benzene rings is 1. The number of hydrogen-bond donors (Lipinski definition) is 1. The van der Waals surface area contributed by atoms with Gasteiger partial charge in [-0.25, -0.2) is 4.79 Å². The highest BCUT2D eigenvalue weighted by molar-refractivity contribution is 5.94. The van der Waals surface area contributed by atoms with E-state index in [4.69, 9.17) is 15.0 Å². The number of ether oxygens (including phenoxy) is 1. The smallest absolute Gasteiger partial charge is 0.336 e. The number of rotatable bonds is 4. The molecule has 3 aliphatic heterocycles. The zero-order valence-corrected chi connectivity index (χ0v) is 24.1. The summed E-state index contributed by atoms with van der Waals surface area (Å²) in [5, 5.41) is 13.4. The van der Waals surface area contributed by atoms with Crippen LogP contribution in [0.3, 0.4) is 0 Å². The van der Waals surface area contributed by atoms with E-state index in [0.29, 0.717) is 36.0 Å². The van der Waals surface area contributed by atoms with Crippen molar-refractivity contribution in [3.8, 4) is 0 Å². The molecule has 4 unspecified atom stereocenters. The van der Waals surface area contributed by atoms with Gasteiger partial charge in [0, 0.05) is 19.1 Å². The van der Waals surface area contributed by atoms with E-state index in [2.05, 4.69) is 38.2 Å². The number of azo groups is 1. The molecule has 39 heavy (non-hydrogen) atoms. The van der Waals surface area contributed by atoms with Gasteiger partial charge < -0.3 is 15.0 Å². The fraction of sp³-hybridized carbons (Fsp3) is 0.688. The van der Waals surface area contributed by atoms with Crippen LogP contribution in [0.2, 0.25) is 0 Å². The minimum Gasteiger partial charge on any atom is -0.456 e. The van der Waals surface area contributed by atoms with Gasteiger partial charge in [0.1, 0.15) is 6.61 Å². The summed E-state index contributed by atoms with van der Waals surface area (Å²) in [6, 6.07) is 5.56. The number of likely N-dealkylation sites (tertiary alicyclic amines) is 1. The van der Waals surface area contributed by atoms with Gasteiger partial charge >= 0.3 is 5.97 Å². The average molecular weight is 533 g/mol. The van der Waals surface area contributed by atoms with E-state index in [1.807, 2.05) is 4.90 Å². The van der Waals surface area contributed by atoms with Gasteiger partial charge in [0.05, 0.1) is 28.8 Å². The lowest BCUT2D eigenvalue weighted by atomic mass is 9.71. The van der Waals surface area contributed by atoms with E-state index >= 15 is 0 Å². The predicted molar refractivity (Wildman–Crippen MR) is 150 cm³/mol. The van der Waals surface area contributed by atoms with Crippen molar-refractivity contribution in [1.82, 2.24) is 10.2 Å². The van der Waals surface area contributed by atoms with E-state index in [-0.39, 0.29) is 29.9 Å². The van der Waals surface area contributed by atoms with Crippen molar-refractivity contribution in [3.63, 3.8) is 0 Å². The molecule has 1 amide bonds. The Morgan fingerprint density at radius 1 is 1.05 bits per heavy atom. The van der Waals surface area contributed by atoms with Crippen LogP contribution in [0.15, 0.2) is 33.6 Å². The summed E-state index contributed by atoms with van der Waals surface area (Å²) in [5.41, 5.74) is 6.82. The van der Waals surface area contributed by atoms with Crippen LogP contribution >= 0.6 is 0 Å². The summed E-state index contributed by atoms with van der Waals surface area (Å²) in [4.78, 5) is 27.1. The van der Waals surface area contributed by atoms with Crippen molar-refractivity contribution in [3.05, 3.63) is 45.7 Å². The van der Waals surface area contributed by atoms with Gasteiger partial charge in [-0.15, -0.1) is 0 Å². The third-order valence-electron chi connectivity index (χ3n) is 10.8. The highest BCUT2D eigenvalue weighted by Gasteiger charge is 2.50. The number of esters is 1. The van der Waals surface area contributed by atoms with Crippen LogP contribution in [0, 0.1) is 24.2 Å². The lowest BCUT2D eigenvalue weighted by Gasteiger charge is -2.36. The minimum absolute atomic E-state index is 0.202. The molecule has 2 fully saturated rings. The molecule has 1 spiro atoms. The number of fused-ring (bicyclic) bond motifs is 4. The number of hydrogen-bond acceptors (Lipinski definition) is 6. The van der Waals surface area contributed by atoms with Gasteiger partial charge in [-0.05, 0) is 113 Å². The van der Waals surface area contributed by atoms with Crippen LogP contribution in [-0.2, 0) is 27.3 Å². The van der Waals surface area contributed by atoms with Crippen molar-refractivity contribution in [1.29, 1.82) is 0 Å². The van der Waals surface area contributed by atoms with E-state index in [1.54, 1.807) is 6.92 Å². The Morgan fingerprint density at radius 3 is 2.59 bits per heavy atom. The summed E-state index contributed by atoms with van der Waals surface area (Å²) in [5.74, 6) is 1.20. The number of nitrogens with one attached hydrogen (secondary N) is 1. The topological polar surface area (TPSA) is 83.4 Å². The molecule has 0 radical (unpaired) electrons. The molecule has 2 aliphatic carbocycles. The van der Waals surface area contributed by atoms with Gasteiger partial charge in [0.2, 0.25) is 5.91 Å². The van der Waals surface area contributed by atoms with Crippen LogP contribution in [0.1, 0.15) is 100 Å². The third kappa shape index (κ3) is 4.85. The van der Waals surface area contributed by atoms with Crippen LogP contribution < -0.4 is 5.32 Å². The summed E-state index contributed by atoms with van der Waals surface area (Å²) in [7, 11) is 0. The van der Waals surface area contributed by atoms with Gasteiger partial charge in [0.15, 0.2) is 0 Å². The van der Waals surface area contributed by atoms with Crippen molar-refractivity contribution in [2.75, 3.05) is 13.2 Å². The Kier molecular flexibility index (Phi) is 7.15. The first-order chi connectivity index (χ1) is 18.8. The predicted octanol–water partition coefficient (Wildman–Crippen LogP) is 5.95. The molecule has 1 saturated carbocycles. The normalized spacial score (nSPS) is 34.7. The van der Waals surface area contributed by atoms with E-state index in [1.165, 1.54) is 41.5 Å². The molecule has 3 heterocycles. The zero-order valence-electron chi connectivity index (χ0n) is 24.1. The highest BCUT2D eigenvalue weighted by atomic mass is 16.5. The van der Waals surface area contributed by atoms with Crippen molar-refractivity contribution >= 4 is 11.9 Å². The van der Waals surface area contributed by atoms with Crippen molar-refractivity contribution in [2.45, 2.75) is 110 Å². The van der Waals surface area contributed by atoms with Crippen LogP contribution in [0.5, 0.6) is 0 Å². The first-order valence-electron chi connectivity index (χ1n) is 15.2. The molecular weight excluding hydrogens is 488 g/mol. The van der Waals surface area contributed by atoms with Crippen LogP contribution in [0.25, 0.3) is 0 Å². The highest BCUT2D eigenvalue weighted by Crippen LogP contribution is 2.47. The third-order valence-corrected chi connectivity index (χ3v) is 10.8. The summed E-state index contributed by atoms with van der Waals surface area (Å²) >= 11 is 0. The van der Waals surface area contributed by atoms with Gasteiger partial charge in [-0.2, -0.15) is 10.2 Å². The zero-order chi connectivity index (χ0) is 27.3. The molecule has 2 bridgehead atoms. The number of carbonyl (C=O) groups excluding carboxylic acids is 2. The molecule has 7 heteroatoms. The molecule has 0 aromatic heterocycles. The molecule has 5 aliphatic rings. The monoisotopic (exact) mass is 532 g/mol. The fourth-order valence-corrected chi connectivity index (χ4v) is 7.70. The van der Waals surface area contributed by atoms with Gasteiger partial charge in [0.25, 0.3) is 0 Å². The minimum atomic E-state index is -0.289. The maximum absolute atomic E-state index is 13.5. The fourth-order valence-electron chi connectivity index (χ4n) is 7.70. The van der Waals surface area contributed by atoms with Crippen LogP contribution in [-0.4, -0.2) is 42.0 Å². The van der Waals surface area contributed by atoms with E-state index in [0.717, 1.165) is 50.8 Å². The maximum Gasteiger partial charge on any atom is 0.336 e. The second-order valence-electron chi connectivity index (χ2n) is 13.1. The van der Waals surface area contributed by atoms with Crippen molar-refractivity contribution < 1.29 is 14.3 Å². The Bertz CT molecular complexity index is 1210. The molecule has 4 atom stereocenters. The van der Waals surface area contributed by atoms with Crippen molar-refractivity contribution in [2.24, 2.45) is 27.5 Å². The second-order valence-corrected chi connectivity index (χ2v) is 13.1. The lowest BCUT2D eigenvalue weighted by Crippen LogP contribution is -2.42. The molecule has 210 valence electrons. The number of amides is 1. The Balaban J connectivity index is 1.09. The van der Waals surface area contributed by atoms with Gasteiger partial charge in [-0.3, -0.25) is 4.79 Å². The number of nitrogens with zero attached hydrogens (tertiary/aromatic N) is 3. The average Bonchev–Trinajstić information content (AvgIpc) is 3.44. The lowest BCUT2D eigenvalue weighted by molar-refractivity contribution is -0.138. The molecule has 1 aromatic carbocycles. The van der Waals surface area contributed by atoms with E-state index in [9.17, 15) is 9.59 Å². The first kappa shape index (κ1) is 26.7. The molecule has 7 nitrogen and oxygen atoms in total. The van der Waals surface area contributed by atoms with Crippen LogP contribution in [0.4, 0.5) is 0 Å². The number of carbonyl (C=O) groups is 2. The molecule has 6 rings (SSSR count). The Morgan fingerprint density at radius 2 is 1.85 bits per heavy atom. The van der Waals surface area contributed by atoms with Gasteiger partial charge in [-0.1, -0.05) is 19.1 Å². The molecular formula is C32H44N4O3. The molecule has 1 N–H and O–H groups in total. The molecule has 1 aromatic rings. The standard InChI is InChI=1S/C32H44N4O3/c1-19-5-6-23-15-27-20(2)24(7-8-26(27)28(16-23)35-34-22(19)4)17-33-25-9-11-32(12-10-25)13-14-36(31(32)38)29-18-39-30(37)21(29)3/h7-8,19,22-23,25,28,33H,5-6,9-18H2,1-4H3. The quantitative estimate of drug-likeness (QED) is 0.486. The SMILES string of the molecule is CC1=C(N2CCC3(CCC(NCc4ccc5c(c4C)CC4CCC(C)C(C)N=NC5C4)CC3)C2=O)COC1=O. The second kappa shape index (κ2) is 10.5.